The van der Waals surface area contributed by atoms with Crippen molar-refractivity contribution < 1.29 is 52.0 Å². The number of ether oxygens (including phenoxy) is 4. The zero-order valence-corrected chi connectivity index (χ0v) is 18.8. The number of aliphatic hydroxyl groups excluding tert-OH is 1. The Morgan fingerprint density at radius 1 is 0.759 bits per heavy atom. The molecular weight excluding hydrogens is 432 g/mol. The molecule has 0 aliphatic carbocycles. The SMILES string of the molecule is CC(C)P(=O)(O)OCCOCCOCCOCCOCC(O)COP(=O)(O)CN. The third-order valence-electron chi connectivity index (χ3n) is 3.28. The summed E-state index contributed by atoms with van der Waals surface area (Å²) in [6, 6.07) is 0. The first-order chi connectivity index (χ1) is 13.6. The first-order valence-electron chi connectivity index (χ1n) is 9.23. The van der Waals surface area contributed by atoms with Crippen LogP contribution in [-0.4, -0.2) is 99.0 Å². The Kier molecular flexibility index (Phi) is 16.8. The highest BCUT2D eigenvalue weighted by Crippen LogP contribution is 2.46. The second-order valence-corrected chi connectivity index (χ2v) is 10.5. The van der Waals surface area contributed by atoms with Crippen LogP contribution in [0.3, 0.4) is 0 Å². The maximum Gasteiger partial charge on any atom is 0.341 e. The van der Waals surface area contributed by atoms with Crippen molar-refractivity contribution in [1.29, 1.82) is 0 Å². The van der Waals surface area contributed by atoms with E-state index in [4.69, 9.17) is 34.1 Å². The van der Waals surface area contributed by atoms with Crippen LogP contribution in [0, 0.1) is 0 Å². The average molecular weight is 467 g/mol. The van der Waals surface area contributed by atoms with E-state index in [9.17, 15) is 19.1 Å². The van der Waals surface area contributed by atoms with E-state index < -0.39 is 33.2 Å². The van der Waals surface area contributed by atoms with Crippen molar-refractivity contribution in [2.75, 3.05) is 72.4 Å². The van der Waals surface area contributed by atoms with Crippen molar-refractivity contribution in [3.8, 4) is 0 Å². The molecule has 0 rings (SSSR count). The Hall–Kier alpha value is 0.0600. The normalized spacial score (nSPS) is 17.2. The molecule has 0 saturated carbocycles. The van der Waals surface area contributed by atoms with Crippen LogP contribution in [0.15, 0.2) is 0 Å². The Balaban J connectivity index is 3.34. The molecule has 0 spiro atoms. The second-order valence-electron chi connectivity index (χ2n) is 6.17. The fourth-order valence-corrected chi connectivity index (χ4v) is 2.70. The lowest BCUT2D eigenvalue weighted by molar-refractivity contribution is -0.0258. The number of hydrogen-bond donors (Lipinski definition) is 4. The molecule has 176 valence electrons. The lowest BCUT2D eigenvalue weighted by Gasteiger charge is -2.15. The molecular formula is C15H35NO11P2. The quantitative estimate of drug-likeness (QED) is 0.141. The van der Waals surface area contributed by atoms with Gasteiger partial charge < -0.3 is 48.6 Å². The Labute approximate surface area is 171 Å². The molecule has 12 nitrogen and oxygen atoms in total. The van der Waals surface area contributed by atoms with Gasteiger partial charge in [-0.05, 0) is 0 Å². The molecule has 0 amide bonds. The third-order valence-corrected chi connectivity index (χ3v) is 6.15. The van der Waals surface area contributed by atoms with Crippen LogP contribution in [0.4, 0.5) is 0 Å². The fourth-order valence-electron chi connectivity index (χ4n) is 1.56. The summed E-state index contributed by atoms with van der Waals surface area (Å²) in [5, 5.41) is 9.52. The smallest absolute Gasteiger partial charge is 0.341 e. The molecule has 5 N–H and O–H groups in total. The van der Waals surface area contributed by atoms with Crippen LogP contribution in [0.1, 0.15) is 13.8 Å². The number of nitrogens with two attached hydrogens (primary N) is 1. The fraction of sp³-hybridized carbons (Fsp3) is 1.00. The van der Waals surface area contributed by atoms with Crippen molar-refractivity contribution >= 4 is 15.2 Å². The minimum absolute atomic E-state index is 0.0439. The summed E-state index contributed by atoms with van der Waals surface area (Å²) in [7, 11) is -7.37. The predicted molar refractivity (Wildman–Crippen MR) is 105 cm³/mol. The molecule has 29 heavy (non-hydrogen) atoms. The van der Waals surface area contributed by atoms with Crippen LogP contribution in [-0.2, 0) is 37.1 Å². The van der Waals surface area contributed by atoms with Crippen LogP contribution < -0.4 is 5.73 Å². The summed E-state index contributed by atoms with van der Waals surface area (Å²) in [6.45, 7) is 4.99. The van der Waals surface area contributed by atoms with Gasteiger partial charge in [0.2, 0.25) is 0 Å². The molecule has 14 heteroatoms. The van der Waals surface area contributed by atoms with Gasteiger partial charge in [0, 0.05) is 0 Å². The molecule has 0 aromatic carbocycles. The molecule has 3 atom stereocenters. The van der Waals surface area contributed by atoms with Crippen LogP contribution >= 0.6 is 15.2 Å². The van der Waals surface area contributed by atoms with Crippen molar-refractivity contribution in [3.63, 3.8) is 0 Å². The van der Waals surface area contributed by atoms with E-state index in [1.54, 1.807) is 13.8 Å². The molecule has 0 fully saturated rings. The summed E-state index contributed by atoms with van der Waals surface area (Å²) < 4.78 is 53.1. The molecule has 0 aromatic heterocycles. The van der Waals surface area contributed by atoms with Gasteiger partial charge in [0.25, 0.3) is 0 Å². The highest BCUT2D eigenvalue weighted by Gasteiger charge is 2.23. The number of rotatable bonds is 20. The Bertz CT molecular complexity index is 495. The highest BCUT2D eigenvalue weighted by molar-refractivity contribution is 7.53. The van der Waals surface area contributed by atoms with Crippen molar-refractivity contribution in [2.45, 2.75) is 25.6 Å². The van der Waals surface area contributed by atoms with E-state index in [-0.39, 0.29) is 33.0 Å². The molecule has 0 aliphatic rings. The van der Waals surface area contributed by atoms with E-state index in [2.05, 4.69) is 4.52 Å². The molecule has 0 saturated heterocycles. The van der Waals surface area contributed by atoms with Gasteiger partial charge in [-0.3, -0.25) is 9.13 Å². The summed E-state index contributed by atoms with van der Waals surface area (Å²) in [4.78, 5) is 18.5. The Morgan fingerprint density at radius 2 is 1.21 bits per heavy atom. The lowest BCUT2D eigenvalue weighted by Crippen LogP contribution is -2.23. The summed E-state index contributed by atoms with van der Waals surface area (Å²) >= 11 is 0. The highest BCUT2D eigenvalue weighted by atomic mass is 31.2. The van der Waals surface area contributed by atoms with Gasteiger partial charge >= 0.3 is 15.2 Å². The second kappa shape index (κ2) is 16.7. The topological polar surface area (TPSA) is 176 Å². The third kappa shape index (κ3) is 17.4. The zero-order chi connectivity index (χ0) is 22.2. The molecule has 0 aromatic rings. The van der Waals surface area contributed by atoms with Gasteiger partial charge in [-0.1, -0.05) is 13.8 Å². The van der Waals surface area contributed by atoms with Crippen molar-refractivity contribution in [3.05, 3.63) is 0 Å². The minimum Gasteiger partial charge on any atom is -0.388 e. The van der Waals surface area contributed by atoms with Crippen LogP contribution in [0.2, 0.25) is 0 Å². The van der Waals surface area contributed by atoms with Crippen molar-refractivity contribution in [2.24, 2.45) is 5.73 Å². The monoisotopic (exact) mass is 467 g/mol. The van der Waals surface area contributed by atoms with Crippen LogP contribution in [0.5, 0.6) is 0 Å². The van der Waals surface area contributed by atoms with Gasteiger partial charge in [0.15, 0.2) is 0 Å². The van der Waals surface area contributed by atoms with E-state index in [0.717, 1.165) is 0 Å². The van der Waals surface area contributed by atoms with E-state index in [1.165, 1.54) is 0 Å². The first kappa shape index (κ1) is 29.1. The van der Waals surface area contributed by atoms with E-state index >= 15 is 0 Å². The summed E-state index contributed by atoms with van der Waals surface area (Å²) in [5.41, 5.74) is 4.59. The van der Waals surface area contributed by atoms with E-state index in [1.807, 2.05) is 0 Å². The molecule has 0 radical (unpaired) electrons. The average Bonchev–Trinajstić information content (AvgIpc) is 2.66. The van der Waals surface area contributed by atoms with Gasteiger partial charge in [-0.2, -0.15) is 0 Å². The number of hydrogen-bond acceptors (Lipinski definition) is 10. The van der Waals surface area contributed by atoms with Gasteiger partial charge in [0.1, 0.15) is 6.10 Å². The number of aliphatic hydroxyl groups is 1. The van der Waals surface area contributed by atoms with Crippen molar-refractivity contribution in [1.82, 2.24) is 0 Å². The molecule has 0 aliphatic heterocycles. The standard InChI is InChI=1S/C15H35NO11P2/c1-14(2)29(20,21)26-10-9-24-6-5-22-3-4-23-7-8-25-11-15(17)12-27-28(18,19)13-16/h14-15,17H,3-13,16H2,1-2H3,(H,18,19)(H,20,21). The van der Waals surface area contributed by atoms with Gasteiger partial charge in [-0.15, -0.1) is 0 Å². The van der Waals surface area contributed by atoms with Gasteiger partial charge in [-0.25, -0.2) is 0 Å². The Morgan fingerprint density at radius 3 is 1.66 bits per heavy atom. The first-order valence-corrected chi connectivity index (χ1v) is 12.6. The molecule has 0 heterocycles. The lowest BCUT2D eigenvalue weighted by atomic mass is 10.4. The maximum atomic E-state index is 11.5. The predicted octanol–water partition coefficient (Wildman–Crippen LogP) is 0.142. The zero-order valence-electron chi connectivity index (χ0n) is 17.0. The van der Waals surface area contributed by atoms with E-state index in [0.29, 0.717) is 33.0 Å². The summed E-state index contributed by atoms with van der Waals surface area (Å²) in [6.07, 6.45) is -1.55. The molecule has 3 unspecified atom stereocenters. The molecule has 0 bridgehead atoms. The van der Waals surface area contributed by atoms with Crippen LogP contribution in [0.25, 0.3) is 0 Å². The minimum atomic E-state index is -3.82. The summed E-state index contributed by atoms with van der Waals surface area (Å²) in [5.74, 6) is 0. The largest absolute Gasteiger partial charge is 0.388 e. The van der Waals surface area contributed by atoms with Gasteiger partial charge in [0.05, 0.1) is 78.0 Å². The maximum absolute atomic E-state index is 11.5.